The molecule has 0 radical (unpaired) electrons. The van der Waals surface area contributed by atoms with Gasteiger partial charge in [-0.05, 0) is 37.9 Å². The van der Waals surface area contributed by atoms with Crippen molar-refractivity contribution in [2.24, 2.45) is 0 Å². The molecule has 0 N–H and O–H groups in total. The van der Waals surface area contributed by atoms with Crippen LogP contribution in [0.5, 0.6) is 0 Å². The maximum absolute atomic E-state index is 5.71. The van der Waals surface area contributed by atoms with Gasteiger partial charge in [-0.2, -0.15) is 0 Å². The lowest BCUT2D eigenvalue weighted by Gasteiger charge is -2.07. The number of halogens is 3. The molecule has 0 saturated carbocycles. The van der Waals surface area contributed by atoms with Gasteiger partial charge < -0.3 is 0 Å². The minimum Gasteiger partial charge on any atom is -0.248 e. The third-order valence-corrected chi connectivity index (χ3v) is 4.37. The first-order valence-corrected chi connectivity index (χ1v) is 6.67. The van der Waals surface area contributed by atoms with E-state index in [9.17, 15) is 0 Å². The number of alkyl halides is 1. The lowest BCUT2D eigenvalue weighted by molar-refractivity contribution is 1.06. The van der Waals surface area contributed by atoms with Gasteiger partial charge in [0.05, 0.1) is 4.47 Å². The topological polar surface area (TPSA) is 12.9 Å². The van der Waals surface area contributed by atoms with Crippen molar-refractivity contribution in [1.82, 2.24) is 4.98 Å². The Bertz CT molecular complexity index is 295. The van der Waals surface area contributed by atoms with E-state index in [1.54, 1.807) is 18.0 Å². The molecular weight excluding hydrogens is 337 g/mol. The number of hydrogen-bond acceptors (Lipinski definition) is 2. The zero-order valence-electron chi connectivity index (χ0n) is 6.93. The Labute approximate surface area is 104 Å². The molecule has 1 aromatic rings. The average Bonchev–Trinajstić information content (AvgIpc) is 2.09. The van der Waals surface area contributed by atoms with E-state index < -0.39 is 0 Å². The highest BCUT2D eigenvalue weighted by molar-refractivity contribution is 9.11. The summed E-state index contributed by atoms with van der Waals surface area (Å²) >= 11 is 14.2. The summed E-state index contributed by atoms with van der Waals surface area (Å²) in [6, 6.07) is 1.98. The van der Waals surface area contributed by atoms with Crippen molar-refractivity contribution < 1.29 is 0 Å². The Balaban J connectivity index is 2.77. The molecule has 0 aliphatic rings. The van der Waals surface area contributed by atoms with Crippen molar-refractivity contribution in [2.75, 3.05) is 5.88 Å². The second-order valence-corrected chi connectivity index (χ2v) is 6.03. The first-order valence-electron chi connectivity index (χ1n) is 3.67. The normalized spacial score (nSPS) is 12.9. The third kappa shape index (κ3) is 3.78. The number of nitrogens with zero attached hydrogens (tertiary/aromatic N) is 1. The fourth-order valence-electron chi connectivity index (χ4n) is 0.711. The molecule has 0 bridgehead atoms. The monoisotopic (exact) mass is 343 g/mol. The first-order chi connectivity index (χ1) is 6.13. The lowest BCUT2D eigenvalue weighted by atomic mass is 10.5. The molecular formula is C8H8Br2ClNS. The summed E-state index contributed by atoms with van der Waals surface area (Å²) in [7, 11) is 0. The number of pyridine rings is 1. The number of thioether (sulfide) groups is 1. The molecule has 0 aliphatic heterocycles. The number of aromatic nitrogens is 1. The molecule has 1 aromatic heterocycles. The molecule has 72 valence electrons. The van der Waals surface area contributed by atoms with Gasteiger partial charge in [0.25, 0.3) is 0 Å². The van der Waals surface area contributed by atoms with Gasteiger partial charge in [0.15, 0.2) is 0 Å². The second kappa shape index (κ2) is 5.59. The van der Waals surface area contributed by atoms with Gasteiger partial charge in [-0.15, -0.1) is 23.4 Å². The predicted octanol–water partition coefficient (Wildman–Crippen LogP) is 4.33. The fourth-order valence-corrected chi connectivity index (χ4v) is 2.90. The predicted molar refractivity (Wildman–Crippen MR) is 65.7 cm³/mol. The van der Waals surface area contributed by atoms with Crippen molar-refractivity contribution >= 4 is 55.2 Å². The Morgan fingerprint density at radius 2 is 2.31 bits per heavy atom. The molecule has 0 saturated heterocycles. The van der Waals surface area contributed by atoms with Crippen molar-refractivity contribution in [3.63, 3.8) is 0 Å². The van der Waals surface area contributed by atoms with Crippen molar-refractivity contribution in [3.05, 3.63) is 21.2 Å². The summed E-state index contributed by atoms with van der Waals surface area (Å²) < 4.78 is 1.98. The quantitative estimate of drug-likeness (QED) is 0.597. The van der Waals surface area contributed by atoms with E-state index in [4.69, 9.17) is 11.6 Å². The maximum atomic E-state index is 5.71. The highest BCUT2D eigenvalue weighted by atomic mass is 79.9. The number of rotatable bonds is 3. The highest BCUT2D eigenvalue weighted by Gasteiger charge is 2.07. The van der Waals surface area contributed by atoms with E-state index in [1.165, 1.54) is 0 Å². The van der Waals surface area contributed by atoms with Crippen molar-refractivity contribution in [3.8, 4) is 0 Å². The molecule has 1 nitrogen and oxygen atoms in total. The summed E-state index contributed by atoms with van der Waals surface area (Å²) in [5.74, 6) is 0.634. The second-order valence-electron chi connectivity index (χ2n) is 2.52. The number of hydrogen-bond donors (Lipinski definition) is 0. The van der Waals surface area contributed by atoms with Gasteiger partial charge in [-0.1, -0.05) is 6.92 Å². The molecule has 0 aliphatic carbocycles. The minimum atomic E-state index is 0.381. The molecule has 13 heavy (non-hydrogen) atoms. The van der Waals surface area contributed by atoms with Gasteiger partial charge in [0, 0.05) is 21.8 Å². The lowest BCUT2D eigenvalue weighted by Crippen LogP contribution is -1.97. The molecule has 0 fully saturated rings. The van der Waals surface area contributed by atoms with Gasteiger partial charge in [0.1, 0.15) is 5.03 Å². The minimum absolute atomic E-state index is 0.381. The van der Waals surface area contributed by atoms with Crippen LogP contribution in [0.3, 0.4) is 0 Å². The fraction of sp³-hybridized carbons (Fsp3) is 0.375. The zero-order chi connectivity index (χ0) is 9.84. The summed E-state index contributed by atoms with van der Waals surface area (Å²) in [6.07, 6.45) is 1.79. The highest BCUT2D eigenvalue weighted by Crippen LogP contribution is 2.30. The molecule has 0 amide bonds. The van der Waals surface area contributed by atoms with Crippen LogP contribution in [-0.2, 0) is 0 Å². The van der Waals surface area contributed by atoms with Crippen LogP contribution in [0.1, 0.15) is 6.92 Å². The molecule has 1 atom stereocenters. The Morgan fingerprint density at radius 3 is 2.85 bits per heavy atom. The van der Waals surface area contributed by atoms with Gasteiger partial charge in [-0.3, -0.25) is 0 Å². The maximum Gasteiger partial charge on any atom is 0.111 e. The standard InChI is InChI=1S/C8H8Br2ClNS/c1-5(3-11)13-8-7(10)2-6(9)4-12-8/h2,4-5H,3H2,1H3. The van der Waals surface area contributed by atoms with Crippen LogP contribution in [0.15, 0.2) is 26.2 Å². The van der Waals surface area contributed by atoms with E-state index in [0.29, 0.717) is 11.1 Å². The summed E-state index contributed by atoms with van der Waals surface area (Å²) in [5.41, 5.74) is 0. The average molecular weight is 345 g/mol. The van der Waals surface area contributed by atoms with E-state index in [1.807, 2.05) is 6.07 Å². The zero-order valence-corrected chi connectivity index (χ0v) is 11.7. The van der Waals surface area contributed by atoms with Crippen LogP contribution in [0.4, 0.5) is 0 Å². The summed E-state index contributed by atoms with van der Waals surface area (Å²) in [4.78, 5) is 4.28. The van der Waals surface area contributed by atoms with Crippen molar-refractivity contribution in [2.45, 2.75) is 17.2 Å². The van der Waals surface area contributed by atoms with Crippen LogP contribution in [0.2, 0.25) is 0 Å². The van der Waals surface area contributed by atoms with Crippen LogP contribution in [-0.4, -0.2) is 16.1 Å². The largest absolute Gasteiger partial charge is 0.248 e. The molecule has 1 heterocycles. The van der Waals surface area contributed by atoms with Crippen LogP contribution >= 0.6 is 55.2 Å². The molecule has 0 spiro atoms. The molecule has 1 rings (SSSR count). The van der Waals surface area contributed by atoms with E-state index in [2.05, 4.69) is 43.8 Å². The van der Waals surface area contributed by atoms with Crippen LogP contribution < -0.4 is 0 Å². The van der Waals surface area contributed by atoms with Crippen molar-refractivity contribution in [1.29, 1.82) is 0 Å². The van der Waals surface area contributed by atoms with E-state index >= 15 is 0 Å². The summed E-state index contributed by atoms with van der Waals surface area (Å²) in [6.45, 7) is 2.08. The third-order valence-electron chi connectivity index (χ3n) is 1.30. The van der Waals surface area contributed by atoms with Crippen LogP contribution in [0, 0.1) is 0 Å². The Hall–Kier alpha value is 0.750. The molecule has 5 heteroatoms. The first kappa shape index (κ1) is 11.8. The molecule has 1 unspecified atom stereocenters. The van der Waals surface area contributed by atoms with E-state index in [0.717, 1.165) is 14.0 Å². The Morgan fingerprint density at radius 1 is 1.62 bits per heavy atom. The Kier molecular flexibility index (Phi) is 5.08. The SMILES string of the molecule is CC(CCl)Sc1ncc(Br)cc1Br. The smallest absolute Gasteiger partial charge is 0.111 e. The molecule has 0 aromatic carbocycles. The van der Waals surface area contributed by atoms with Gasteiger partial charge >= 0.3 is 0 Å². The van der Waals surface area contributed by atoms with Crippen LogP contribution in [0.25, 0.3) is 0 Å². The van der Waals surface area contributed by atoms with Gasteiger partial charge in [-0.25, -0.2) is 4.98 Å². The van der Waals surface area contributed by atoms with Gasteiger partial charge in [0.2, 0.25) is 0 Å². The van der Waals surface area contributed by atoms with E-state index in [-0.39, 0.29) is 0 Å². The summed E-state index contributed by atoms with van der Waals surface area (Å²) in [5, 5.41) is 1.36.